The van der Waals surface area contributed by atoms with Gasteiger partial charge in [0.05, 0.1) is 51.3 Å². The monoisotopic (exact) mass is 1380 g/mol. The summed E-state index contributed by atoms with van der Waals surface area (Å²) < 4.78 is 135. The number of rotatable bonds is 8. The van der Waals surface area contributed by atoms with Crippen molar-refractivity contribution in [3.63, 3.8) is 0 Å². The Morgan fingerprint density at radius 1 is 0.274 bits per heavy atom. The topological polar surface area (TPSA) is 29.5 Å². The van der Waals surface area contributed by atoms with Crippen molar-refractivity contribution in [2.45, 2.75) is 105 Å². The summed E-state index contributed by atoms with van der Waals surface area (Å²) in [6.45, 7) is 26.1. The second kappa shape index (κ2) is 23.8. The molecule has 5 nitrogen and oxygen atoms in total. The van der Waals surface area contributed by atoms with Gasteiger partial charge in [0, 0.05) is 66.4 Å². The third-order valence-corrected chi connectivity index (χ3v) is 22.0. The molecule has 0 saturated heterocycles. The van der Waals surface area contributed by atoms with Gasteiger partial charge in [-0.1, -0.05) is 283 Å². The van der Waals surface area contributed by atoms with Crippen LogP contribution in [0, 0.1) is 0 Å². The molecule has 0 bridgehead atoms. The van der Waals surface area contributed by atoms with E-state index < -0.39 is 85.3 Å². The highest BCUT2D eigenvalue weighted by molar-refractivity contribution is 7.00. The Bertz CT molecular complexity index is 7010. The highest BCUT2D eigenvalue weighted by atomic mass is 16.3. The number of aromatic nitrogens is 2. The minimum atomic E-state index is -0.700. The quantitative estimate of drug-likeness (QED) is 0.142. The molecule has 2 aliphatic heterocycles. The van der Waals surface area contributed by atoms with Gasteiger partial charge >= 0.3 is 0 Å². The molecule has 2 aliphatic rings. The van der Waals surface area contributed by atoms with Crippen molar-refractivity contribution in [1.29, 1.82) is 0 Å². The van der Waals surface area contributed by atoms with Crippen LogP contribution in [-0.4, -0.2) is 15.8 Å². The Balaban J connectivity index is 0.980. The lowest BCUT2D eigenvalue weighted by molar-refractivity contribution is 0.569. The van der Waals surface area contributed by atoms with Crippen molar-refractivity contribution in [3.8, 4) is 55.9 Å². The van der Waals surface area contributed by atoms with Crippen LogP contribution < -0.4 is 26.2 Å². The summed E-state index contributed by atoms with van der Waals surface area (Å²) in [5, 5.41) is 3.61. The van der Waals surface area contributed by atoms with Gasteiger partial charge in [0.15, 0.2) is 11.2 Å². The predicted molar refractivity (Wildman–Crippen MR) is 453 cm³/mol. The number of benzene rings is 14. The van der Waals surface area contributed by atoms with Crippen LogP contribution in [0.15, 0.2) is 301 Å². The normalized spacial score (nSPS) is 14.9. The minimum Gasteiger partial charge on any atom is -0.452 e. The van der Waals surface area contributed by atoms with Crippen molar-refractivity contribution >= 4 is 123 Å². The summed E-state index contributed by atoms with van der Waals surface area (Å²) in [4.78, 5) is 4.40. The molecule has 14 aromatic carbocycles. The second-order valence-corrected chi connectivity index (χ2v) is 32.8. The first-order valence-corrected chi connectivity index (χ1v) is 36.6. The van der Waals surface area contributed by atoms with Crippen molar-refractivity contribution in [2.75, 3.05) is 9.80 Å². The van der Waals surface area contributed by atoms with Crippen LogP contribution in [0.5, 0.6) is 0 Å². The molecule has 0 amide bonds. The van der Waals surface area contributed by atoms with E-state index in [1.54, 1.807) is 4.57 Å². The molecule has 0 unspecified atom stereocenters. The molecule has 3 aromatic heterocycles. The van der Waals surface area contributed by atoms with E-state index in [0.717, 1.165) is 111 Å². The molecule has 0 radical (unpaired) electrons. The fraction of sp³-hybridized carbons (Fsp3) is 0.160. The van der Waals surface area contributed by atoms with Crippen molar-refractivity contribution in [2.24, 2.45) is 0 Å². The van der Waals surface area contributed by atoms with Crippen LogP contribution in [0.25, 0.3) is 121 Å². The van der Waals surface area contributed by atoms with E-state index in [1.165, 1.54) is 11.1 Å². The van der Waals surface area contributed by atoms with E-state index in [-0.39, 0.29) is 54.7 Å². The van der Waals surface area contributed by atoms with Gasteiger partial charge in [-0.2, -0.15) is 0 Å². The van der Waals surface area contributed by atoms with Gasteiger partial charge in [-0.25, -0.2) is 0 Å². The van der Waals surface area contributed by atoms with Gasteiger partial charge in [0.1, 0.15) is 0 Å². The molecule has 514 valence electrons. The Morgan fingerprint density at radius 3 is 1.30 bits per heavy atom. The molecule has 0 aliphatic carbocycles. The van der Waals surface area contributed by atoms with Gasteiger partial charge in [-0.05, 0) is 202 Å². The average molecular weight is 1380 g/mol. The predicted octanol–water partition coefficient (Wildman–Crippen LogP) is 25.7. The number of hydrogen-bond acceptors (Lipinski definition) is 3. The van der Waals surface area contributed by atoms with Crippen LogP contribution in [0.3, 0.4) is 0 Å². The van der Waals surface area contributed by atoms with E-state index in [1.807, 2.05) is 84.9 Å². The molecule has 0 atom stereocenters. The van der Waals surface area contributed by atoms with Gasteiger partial charge < -0.3 is 23.4 Å². The molecule has 0 fully saturated rings. The first-order chi connectivity index (χ1) is 56.5. The number of furan rings is 1. The molecule has 0 spiro atoms. The van der Waals surface area contributed by atoms with Crippen molar-refractivity contribution < 1.29 is 22.2 Å². The van der Waals surface area contributed by atoms with E-state index >= 15 is 0 Å². The number of para-hydroxylation sites is 4. The fourth-order valence-corrected chi connectivity index (χ4v) is 16.4. The van der Waals surface area contributed by atoms with Crippen LogP contribution in [-0.2, 0) is 21.7 Å². The second-order valence-electron chi connectivity index (χ2n) is 32.8. The van der Waals surface area contributed by atoms with Crippen molar-refractivity contribution in [3.05, 3.63) is 319 Å². The van der Waals surface area contributed by atoms with E-state index in [9.17, 15) is 13.7 Å². The van der Waals surface area contributed by atoms with Crippen LogP contribution in [0.1, 0.15) is 123 Å². The maximum Gasteiger partial charge on any atom is 0.252 e. The molecular weight excluding hydrogens is 1280 g/mol. The van der Waals surface area contributed by atoms with Gasteiger partial charge in [-0.3, -0.25) is 0 Å². The summed E-state index contributed by atoms with van der Waals surface area (Å²) in [6, 6.07) is 69.7. The number of fused-ring (bicyclic) bond motifs is 13. The lowest BCUT2D eigenvalue weighted by Gasteiger charge is -2.44. The molecule has 19 rings (SSSR count). The SMILES string of the molecule is [2H]c1c([2H])c([2H])c(-c2cc3c4c(c2)N(c2cccc5c2oc2c(-n6c7ccc(C(C)(C)C)cc7c7cc(C(C)(C)C)ccc76)cccc25)c2cc(-n5c6c([2H])c([2H])c([2H])c([2H])c6c6c([2H])c([2H])c([2H])c([2H])c65)ccc2B4c2ccc(-c4cc(C(C)(C)C)cc(C(C)(C)C)c4)cc2N3c2cc(-c3ccccc3)cc(-c3ccccc3)c2)c([2H])c1[2H]. The molecular formula is C100H85BN4O. The Hall–Kier alpha value is -11.9. The molecule has 0 saturated carbocycles. The highest BCUT2D eigenvalue weighted by Crippen LogP contribution is 2.52. The Kier molecular flexibility index (Phi) is 11.7. The largest absolute Gasteiger partial charge is 0.452 e. The molecule has 5 heterocycles. The zero-order valence-electron chi connectivity index (χ0n) is 74.6. The molecule has 0 N–H and O–H groups in total. The zero-order chi connectivity index (χ0) is 83.8. The van der Waals surface area contributed by atoms with Crippen LogP contribution >= 0.6 is 0 Å². The smallest absolute Gasteiger partial charge is 0.252 e. The lowest BCUT2D eigenvalue weighted by atomic mass is 9.33. The maximum absolute atomic E-state index is 10.0. The minimum absolute atomic E-state index is 0.0436. The summed E-state index contributed by atoms with van der Waals surface area (Å²) in [6.07, 6.45) is 0. The van der Waals surface area contributed by atoms with E-state index in [4.69, 9.17) is 8.53 Å². The maximum atomic E-state index is 10.0. The standard InChI is InChI=1S/C100H85BN4O/c1-97(2,3)70-43-48-86-80(59-70)81-60-71(98(4,5)6)44-49-87(81)104(86)88-40-26-36-78-79-37-27-41-89(96(79)106-95(78)88)105-91-61-74(102-84-38-24-22-34-76(84)77-35-23-25-39-85(77)102)45-47-83(91)101-82-46-42-65(68-51-72(99(7,8)9)58-73(52-68)100(10,11)12)55-90(82)103(92-56-69(57-93(105)94(92)101)64-32-20-15-21-33-64)75-53-66(62-28-16-13-17-29-62)50-67(54-75)63-30-18-14-19-31-63/h13-61H,1-12H3/i15D,20D,21D,22D,23D,24D,25D,32D,33D,34D,35D,38D,39D. The summed E-state index contributed by atoms with van der Waals surface area (Å²) in [5.74, 6) is 0. The number of nitrogens with zero attached hydrogens (tertiary/aromatic N) is 4. The van der Waals surface area contributed by atoms with E-state index in [2.05, 4.69) is 231 Å². The third kappa shape index (κ3) is 10.5. The van der Waals surface area contributed by atoms with Gasteiger partial charge in [-0.15, -0.1) is 0 Å². The summed E-state index contributed by atoms with van der Waals surface area (Å²) in [5.41, 5.74) is 20.0. The fourth-order valence-electron chi connectivity index (χ4n) is 16.4. The van der Waals surface area contributed by atoms with Crippen molar-refractivity contribution in [1.82, 2.24) is 9.13 Å². The van der Waals surface area contributed by atoms with Gasteiger partial charge in [0.25, 0.3) is 6.71 Å². The third-order valence-electron chi connectivity index (χ3n) is 22.0. The van der Waals surface area contributed by atoms with Gasteiger partial charge in [0.2, 0.25) is 0 Å². The van der Waals surface area contributed by atoms with Crippen LogP contribution in [0.2, 0.25) is 0 Å². The molecule has 6 heteroatoms. The lowest BCUT2D eigenvalue weighted by Crippen LogP contribution is -2.61. The van der Waals surface area contributed by atoms with E-state index in [0.29, 0.717) is 39.5 Å². The zero-order valence-corrected chi connectivity index (χ0v) is 61.6. The average Bonchev–Trinajstić information content (AvgIpc) is 1.68. The summed E-state index contributed by atoms with van der Waals surface area (Å²) in [7, 11) is 0. The molecule has 17 aromatic rings. The number of anilines is 6. The Labute approximate surface area is 640 Å². The van der Waals surface area contributed by atoms with Crippen LogP contribution in [0.4, 0.5) is 34.1 Å². The number of hydrogen-bond donors (Lipinski definition) is 0. The summed E-state index contributed by atoms with van der Waals surface area (Å²) >= 11 is 0. The Morgan fingerprint density at radius 2 is 0.745 bits per heavy atom. The highest BCUT2D eigenvalue weighted by Gasteiger charge is 2.45. The first kappa shape index (κ1) is 52.2. The molecule has 106 heavy (non-hydrogen) atoms. The first-order valence-electron chi connectivity index (χ1n) is 43.1.